The van der Waals surface area contributed by atoms with E-state index in [2.05, 4.69) is 13.8 Å². The van der Waals surface area contributed by atoms with Gasteiger partial charge in [0.05, 0.1) is 18.4 Å². The molecule has 180 valence electrons. The third kappa shape index (κ3) is 4.12. The van der Waals surface area contributed by atoms with E-state index >= 15 is 0 Å². The second-order valence-corrected chi connectivity index (χ2v) is 12.1. The molecule has 4 aliphatic rings. The Hall–Kier alpha value is -1.43. The number of Topliss-reactive ketones (excluding diaryl/α,β-unsaturated/α-hetero) is 1. The lowest BCUT2D eigenvalue weighted by atomic mass is 9.44. The maximum atomic E-state index is 13.0. The van der Waals surface area contributed by atoms with Crippen LogP contribution in [0.1, 0.15) is 91.4 Å². The maximum Gasteiger partial charge on any atom is 0.306 e. The predicted octanol–water partition coefficient (Wildman–Crippen LogP) is 4.37. The first kappa shape index (κ1) is 23.7. The van der Waals surface area contributed by atoms with Gasteiger partial charge in [-0.3, -0.25) is 14.4 Å². The number of hydrogen-bond donors (Lipinski definition) is 2. The molecule has 2 N–H and O–H groups in total. The molecule has 0 radical (unpaired) electrons. The quantitative estimate of drug-likeness (QED) is 0.585. The van der Waals surface area contributed by atoms with E-state index < -0.39 is 17.5 Å². The van der Waals surface area contributed by atoms with Crippen molar-refractivity contribution in [2.75, 3.05) is 6.61 Å². The molecule has 0 spiro atoms. The van der Waals surface area contributed by atoms with Crippen molar-refractivity contribution in [1.82, 2.24) is 0 Å². The molecule has 6 heteroatoms. The van der Waals surface area contributed by atoms with Gasteiger partial charge in [0.25, 0.3) is 0 Å². The molecule has 2 unspecified atom stereocenters. The van der Waals surface area contributed by atoms with Crippen molar-refractivity contribution in [3.63, 3.8) is 0 Å². The third-order valence-electron chi connectivity index (χ3n) is 10.3. The number of carbonyl (C=O) groups excluding carboxylic acids is 2. The summed E-state index contributed by atoms with van der Waals surface area (Å²) >= 11 is 0. The van der Waals surface area contributed by atoms with E-state index in [1.165, 1.54) is 12.8 Å². The number of fused-ring (bicyclic) bond motifs is 5. The van der Waals surface area contributed by atoms with Crippen molar-refractivity contribution in [1.29, 1.82) is 0 Å². The van der Waals surface area contributed by atoms with Crippen LogP contribution in [0, 0.1) is 40.4 Å². The van der Waals surface area contributed by atoms with E-state index in [4.69, 9.17) is 9.84 Å². The molecule has 6 nitrogen and oxygen atoms in total. The van der Waals surface area contributed by atoms with Crippen LogP contribution in [0.4, 0.5) is 0 Å². The highest BCUT2D eigenvalue weighted by Crippen LogP contribution is 2.68. The highest BCUT2D eigenvalue weighted by atomic mass is 16.5. The first-order valence-corrected chi connectivity index (χ1v) is 12.6. The van der Waals surface area contributed by atoms with Gasteiger partial charge >= 0.3 is 11.9 Å². The molecule has 0 heterocycles. The van der Waals surface area contributed by atoms with Crippen molar-refractivity contribution in [3.8, 4) is 0 Å². The molecule has 0 saturated heterocycles. The predicted molar refractivity (Wildman–Crippen MR) is 119 cm³/mol. The number of aliphatic carboxylic acids is 1. The van der Waals surface area contributed by atoms with Crippen molar-refractivity contribution in [2.24, 2.45) is 40.4 Å². The van der Waals surface area contributed by atoms with Crippen LogP contribution in [0.3, 0.4) is 0 Å². The Morgan fingerprint density at radius 2 is 1.59 bits per heavy atom. The summed E-state index contributed by atoms with van der Waals surface area (Å²) in [6.45, 7) is 6.53. The summed E-state index contributed by atoms with van der Waals surface area (Å²) in [6, 6.07) is 0. The van der Waals surface area contributed by atoms with E-state index in [9.17, 15) is 19.5 Å². The Balaban J connectivity index is 1.41. The van der Waals surface area contributed by atoms with Crippen molar-refractivity contribution >= 4 is 17.7 Å². The number of carbonyl (C=O) groups is 3. The number of carboxylic acid groups (broad SMARTS) is 1. The van der Waals surface area contributed by atoms with E-state index in [0.717, 1.165) is 44.9 Å². The number of esters is 1. The fourth-order valence-electron chi connectivity index (χ4n) is 8.49. The largest absolute Gasteiger partial charge is 0.481 e. The molecule has 0 aromatic heterocycles. The van der Waals surface area contributed by atoms with Crippen molar-refractivity contribution < 1.29 is 29.3 Å². The fourth-order valence-corrected chi connectivity index (χ4v) is 8.49. The summed E-state index contributed by atoms with van der Waals surface area (Å²) in [4.78, 5) is 35.4. The summed E-state index contributed by atoms with van der Waals surface area (Å²) in [7, 11) is 0. The van der Waals surface area contributed by atoms with Crippen LogP contribution in [-0.4, -0.2) is 40.1 Å². The second kappa shape index (κ2) is 8.41. The van der Waals surface area contributed by atoms with Crippen molar-refractivity contribution in [2.45, 2.75) is 97.0 Å². The Morgan fingerprint density at radius 3 is 2.31 bits per heavy atom. The highest BCUT2D eigenvalue weighted by Gasteiger charge is 2.61. The Labute approximate surface area is 191 Å². The van der Waals surface area contributed by atoms with Gasteiger partial charge < -0.3 is 14.9 Å². The number of aliphatic hydroxyl groups is 1. The lowest BCUT2D eigenvalue weighted by Gasteiger charge is -2.61. The second-order valence-electron chi connectivity index (χ2n) is 12.1. The van der Waals surface area contributed by atoms with Gasteiger partial charge in [0.15, 0.2) is 5.78 Å². The summed E-state index contributed by atoms with van der Waals surface area (Å²) in [5.41, 5.74) is -0.254. The van der Waals surface area contributed by atoms with E-state index in [-0.39, 0.29) is 36.6 Å². The molecule has 32 heavy (non-hydrogen) atoms. The molecule has 4 saturated carbocycles. The van der Waals surface area contributed by atoms with Gasteiger partial charge in [-0.1, -0.05) is 13.8 Å². The monoisotopic (exact) mass is 448 g/mol. The number of rotatable bonds is 6. The van der Waals surface area contributed by atoms with Gasteiger partial charge in [-0.2, -0.15) is 0 Å². The van der Waals surface area contributed by atoms with Gasteiger partial charge in [-0.15, -0.1) is 0 Å². The van der Waals surface area contributed by atoms with Crippen LogP contribution < -0.4 is 0 Å². The molecule has 4 aliphatic carbocycles. The molecule has 0 amide bonds. The fraction of sp³-hybridized carbons (Fsp3) is 0.885. The number of carboxylic acids is 1. The number of ether oxygens (including phenoxy) is 1. The van der Waals surface area contributed by atoms with Crippen LogP contribution >= 0.6 is 0 Å². The van der Waals surface area contributed by atoms with E-state index in [1.807, 2.05) is 6.92 Å². The maximum absolute atomic E-state index is 13.0. The molecular weight excluding hydrogens is 408 g/mol. The molecule has 0 aromatic carbocycles. The minimum absolute atomic E-state index is 0.00531. The summed E-state index contributed by atoms with van der Waals surface area (Å²) in [5.74, 6) is 0.750. The van der Waals surface area contributed by atoms with Gasteiger partial charge in [0, 0.05) is 5.92 Å². The molecule has 4 rings (SSSR count). The summed E-state index contributed by atoms with van der Waals surface area (Å²) in [6.07, 6.45) is 8.96. The Kier molecular flexibility index (Phi) is 6.23. The zero-order valence-electron chi connectivity index (χ0n) is 19.9. The van der Waals surface area contributed by atoms with Gasteiger partial charge in [-0.05, 0) is 99.2 Å². The zero-order valence-corrected chi connectivity index (χ0v) is 19.9. The van der Waals surface area contributed by atoms with Gasteiger partial charge in [0.1, 0.15) is 6.61 Å². The summed E-state index contributed by atoms with van der Waals surface area (Å²) in [5, 5.41) is 19.4. The Bertz CT molecular complexity index is 774. The average molecular weight is 449 g/mol. The number of hydrogen-bond acceptors (Lipinski definition) is 5. The normalized spacial score (nSPS) is 45.3. The first-order valence-electron chi connectivity index (χ1n) is 12.6. The first-order chi connectivity index (χ1) is 15.0. The molecule has 8 atom stereocenters. The van der Waals surface area contributed by atoms with Gasteiger partial charge in [-0.25, -0.2) is 0 Å². The van der Waals surface area contributed by atoms with E-state index in [0.29, 0.717) is 29.1 Å². The molecule has 0 aliphatic heterocycles. The lowest BCUT2D eigenvalue weighted by molar-refractivity contribution is -0.157. The van der Waals surface area contributed by atoms with Gasteiger partial charge in [0.2, 0.25) is 0 Å². The lowest BCUT2D eigenvalue weighted by Crippen LogP contribution is -2.55. The molecule has 0 aromatic rings. The van der Waals surface area contributed by atoms with Crippen molar-refractivity contribution in [3.05, 3.63) is 0 Å². The molecule has 0 bridgehead atoms. The number of ketones is 1. The molecular formula is C26H40O6. The average Bonchev–Trinajstić information content (AvgIpc) is 3.08. The van der Waals surface area contributed by atoms with Crippen LogP contribution in [0.2, 0.25) is 0 Å². The van der Waals surface area contributed by atoms with Crippen LogP contribution in [0.5, 0.6) is 0 Å². The highest BCUT2D eigenvalue weighted by molar-refractivity contribution is 5.86. The topological polar surface area (TPSA) is 101 Å². The zero-order chi connectivity index (χ0) is 23.3. The van der Waals surface area contributed by atoms with E-state index in [1.54, 1.807) is 0 Å². The minimum Gasteiger partial charge on any atom is -0.481 e. The minimum atomic E-state index is -1.04. The standard InChI is InChI=1S/C26H40O6/c1-24(31)12-13-25(2)16(14-24)4-5-17-18-6-7-20(26(18,3)11-10-19(17)25)21(27)15-32-23(30)9-8-22(28)29/h16-20,31H,4-15H2,1-3H3,(H,28,29)/t16?,17-,18-,19?,20+,24+,25-,26-/m0/s1. The van der Waals surface area contributed by atoms with Crippen LogP contribution in [0.25, 0.3) is 0 Å². The third-order valence-corrected chi connectivity index (χ3v) is 10.3. The Morgan fingerprint density at radius 1 is 0.875 bits per heavy atom. The van der Waals surface area contributed by atoms with Crippen LogP contribution in [0.15, 0.2) is 0 Å². The summed E-state index contributed by atoms with van der Waals surface area (Å²) < 4.78 is 5.13. The molecule has 4 fully saturated rings. The SMILES string of the molecule is C[C@@]1(O)CC[C@@]2(C)C(CC[C@@H]3C2CC[C@]2(C)[C@@H](C(=O)COC(=O)CCC(=O)O)CC[C@@H]32)C1. The smallest absolute Gasteiger partial charge is 0.306 e. The van der Waals surface area contributed by atoms with Crippen LogP contribution in [-0.2, 0) is 19.1 Å².